The van der Waals surface area contributed by atoms with Crippen molar-refractivity contribution in [1.82, 2.24) is 9.55 Å². The van der Waals surface area contributed by atoms with Crippen molar-refractivity contribution in [2.45, 2.75) is 25.7 Å². The number of alkyl halides is 1. The van der Waals surface area contributed by atoms with Crippen LogP contribution in [0.3, 0.4) is 0 Å². The van der Waals surface area contributed by atoms with Crippen LogP contribution in [0.1, 0.15) is 46.2 Å². The van der Waals surface area contributed by atoms with E-state index in [9.17, 15) is 9.59 Å². The van der Waals surface area contributed by atoms with Gasteiger partial charge < -0.3 is 14.0 Å². The highest BCUT2D eigenvalue weighted by Crippen LogP contribution is 2.19. The number of carbonyl (C=O) groups excluding carboxylic acids is 2. The van der Waals surface area contributed by atoms with Gasteiger partial charge in [0.15, 0.2) is 11.4 Å². The minimum absolute atomic E-state index is 0.0133. The van der Waals surface area contributed by atoms with Crippen LogP contribution in [-0.2, 0) is 21.3 Å². The molecular formula is C17H19BrN2O4. The summed E-state index contributed by atoms with van der Waals surface area (Å²) in [5.74, 6) is -0.657. The third kappa shape index (κ3) is 4.03. The average Bonchev–Trinajstić information content (AvgIpc) is 2.95. The molecule has 6 nitrogen and oxygen atoms in total. The molecule has 0 fully saturated rings. The first kappa shape index (κ1) is 18.2. The molecule has 0 amide bonds. The number of halogens is 1. The molecule has 0 aliphatic rings. The van der Waals surface area contributed by atoms with E-state index in [-0.39, 0.29) is 24.6 Å². The Morgan fingerprint density at radius 1 is 1.08 bits per heavy atom. The lowest BCUT2D eigenvalue weighted by Crippen LogP contribution is -2.18. The molecule has 0 N–H and O–H groups in total. The molecule has 0 spiro atoms. The van der Waals surface area contributed by atoms with Crippen LogP contribution in [0.2, 0.25) is 0 Å². The quantitative estimate of drug-likeness (QED) is 0.532. The maximum Gasteiger partial charge on any atom is 0.359 e. The van der Waals surface area contributed by atoms with Gasteiger partial charge in [-0.25, -0.2) is 14.6 Å². The number of ether oxygens (including phenoxy) is 2. The number of rotatable bonds is 7. The predicted octanol–water partition coefficient (Wildman–Crippen LogP) is 3.18. The Balaban J connectivity index is 2.53. The van der Waals surface area contributed by atoms with Crippen molar-refractivity contribution in [3.8, 4) is 0 Å². The van der Waals surface area contributed by atoms with Crippen molar-refractivity contribution in [2.75, 3.05) is 13.2 Å². The second kappa shape index (κ2) is 8.63. The summed E-state index contributed by atoms with van der Waals surface area (Å²) in [6, 6.07) is 9.62. The van der Waals surface area contributed by atoms with Crippen molar-refractivity contribution >= 4 is 27.9 Å². The smallest absolute Gasteiger partial charge is 0.359 e. The fourth-order valence-corrected chi connectivity index (χ4v) is 2.71. The third-order valence-electron chi connectivity index (χ3n) is 3.29. The zero-order valence-electron chi connectivity index (χ0n) is 13.6. The fraction of sp³-hybridized carbons (Fsp3) is 0.353. The first-order valence-electron chi connectivity index (χ1n) is 7.65. The van der Waals surface area contributed by atoms with Gasteiger partial charge >= 0.3 is 11.9 Å². The summed E-state index contributed by atoms with van der Waals surface area (Å²) in [5.41, 5.74) is 1.09. The Morgan fingerprint density at radius 2 is 1.71 bits per heavy atom. The van der Waals surface area contributed by atoms with Crippen LogP contribution < -0.4 is 0 Å². The molecule has 0 saturated carbocycles. The van der Waals surface area contributed by atoms with Gasteiger partial charge in [-0.3, -0.25) is 0 Å². The molecule has 0 aliphatic carbocycles. The van der Waals surface area contributed by atoms with E-state index in [2.05, 4.69) is 20.9 Å². The SMILES string of the molecule is CCOC(=O)c1nc(CBr)n(Cc2ccccc2)c1C(=O)OCC. The van der Waals surface area contributed by atoms with Crippen LogP contribution in [0.5, 0.6) is 0 Å². The van der Waals surface area contributed by atoms with Gasteiger partial charge in [-0.1, -0.05) is 46.3 Å². The molecule has 0 atom stereocenters. The van der Waals surface area contributed by atoms with Crippen molar-refractivity contribution in [1.29, 1.82) is 0 Å². The van der Waals surface area contributed by atoms with Crippen LogP contribution in [0.4, 0.5) is 0 Å². The molecule has 0 aliphatic heterocycles. The molecule has 1 heterocycles. The lowest BCUT2D eigenvalue weighted by Gasteiger charge is -2.11. The van der Waals surface area contributed by atoms with Gasteiger partial charge in [0.25, 0.3) is 0 Å². The van der Waals surface area contributed by atoms with Crippen molar-refractivity contribution in [3.63, 3.8) is 0 Å². The second-order valence-electron chi connectivity index (χ2n) is 4.87. The topological polar surface area (TPSA) is 70.4 Å². The molecule has 1 aromatic heterocycles. The summed E-state index contributed by atoms with van der Waals surface area (Å²) in [5, 5.41) is 0.394. The molecule has 128 valence electrons. The van der Waals surface area contributed by atoms with E-state index in [0.717, 1.165) is 5.56 Å². The summed E-state index contributed by atoms with van der Waals surface area (Å²) in [6.45, 7) is 4.24. The van der Waals surface area contributed by atoms with Crippen LogP contribution in [0, 0.1) is 0 Å². The summed E-state index contributed by atoms with van der Waals surface area (Å²) < 4.78 is 11.8. The van der Waals surface area contributed by atoms with Crippen LogP contribution >= 0.6 is 15.9 Å². The Morgan fingerprint density at radius 3 is 2.29 bits per heavy atom. The molecule has 1 aromatic carbocycles. The molecule has 0 saturated heterocycles. The monoisotopic (exact) mass is 394 g/mol. The number of imidazole rings is 1. The van der Waals surface area contributed by atoms with Crippen LogP contribution in [-0.4, -0.2) is 34.7 Å². The Labute approximate surface area is 148 Å². The number of benzene rings is 1. The maximum absolute atomic E-state index is 12.4. The highest BCUT2D eigenvalue weighted by molar-refractivity contribution is 9.08. The van der Waals surface area contributed by atoms with Crippen molar-refractivity contribution in [3.05, 3.63) is 53.1 Å². The largest absolute Gasteiger partial charge is 0.461 e. The third-order valence-corrected chi connectivity index (χ3v) is 3.79. The van der Waals surface area contributed by atoms with Crippen LogP contribution in [0.15, 0.2) is 30.3 Å². The molecule has 2 rings (SSSR count). The summed E-state index contributed by atoms with van der Waals surface area (Å²) in [6.07, 6.45) is 0. The predicted molar refractivity (Wildman–Crippen MR) is 92.3 cm³/mol. The van der Waals surface area contributed by atoms with Gasteiger partial charge in [0.05, 0.1) is 18.5 Å². The number of esters is 2. The van der Waals surface area contributed by atoms with E-state index < -0.39 is 11.9 Å². The molecule has 0 unspecified atom stereocenters. The van der Waals surface area contributed by atoms with Crippen molar-refractivity contribution < 1.29 is 19.1 Å². The standard InChI is InChI=1S/C17H19BrN2O4/c1-3-23-16(21)14-15(17(22)24-4-2)20(13(10-18)19-14)11-12-8-6-5-7-9-12/h5-9H,3-4,10-11H2,1-2H3. The Hall–Kier alpha value is -2.15. The number of carbonyl (C=O) groups is 2. The van der Waals surface area contributed by atoms with E-state index in [1.54, 1.807) is 18.4 Å². The Bertz CT molecular complexity index is 713. The molecule has 2 aromatic rings. The fourth-order valence-electron chi connectivity index (χ4n) is 2.29. The number of hydrogen-bond donors (Lipinski definition) is 0. The van der Waals surface area contributed by atoms with E-state index in [1.807, 2.05) is 30.3 Å². The van der Waals surface area contributed by atoms with Gasteiger partial charge in [0.1, 0.15) is 5.82 Å². The van der Waals surface area contributed by atoms with Gasteiger partial charge in [0, 0.05) is 6.54 Å². The molecule has 24 heavy (non-hydrogen) atoms. The number of nitrogens with zero attached hydrogens (tertiary/aromatic N) is 2. The molecular weight excluding hydrogens is 376 g/mol. The van der Waals surface area contributed by atoms with Gasteiger partial charge in [0.2, 0.25) is 0 Å². The highest BCUT2D eigenvalue weighted by Gasteiger charge is 2.29. The minimum Gasteiger partial charge on any atom is -0.461 e. The van der Waals surface area contributed by atoms with Gasteiger partial charge in [-0.2, -0.15) is 0 Å². The highest BCUT2D eigenvalue weighted by atomic mass is 79.9. The van der Waals surface area contributed by atoms with E-state index >= 15 is 0 Å². The molecule has 7 heteroatoms. The zero-order valence-corrected chi connectivity index (χ0v) is 15.2. The van der Waals surface area contributed by atoms with Crippen LogP contribution in [0.25, 0.3) is 0 Å². The molecule has 0 radical (unpaired) electrons. The number of aromatic nitrogens is 2. The Kier molecular flexibility index (Phi) is 6.54. The zero-order chi connectivity index (χ0) is 17.5. The van der Waals surface area contributed by atoms with E-state index in [0.29, 0.717) is 17.7 Å². The summed E-state index contributed by atoms with van der Waals surface area (Å²) >= 11 is 3.36. The van der Waals surface area contributed by atoms with E-state index in [4.69, 9.17) is 9.47 Å². The normalized spacial score (nSPS) is 10.5. The van der Waals surface area contributed by atoms with Gasteiger partial charge in [-0.15, -0.1) is 0 Å². The number of hydrogen-bond acceptors (Lipinski definition) is 5. The lowest BCUT2D eigenvalue weighted by molar-refractivity contribution is 0.0467. The lowest BCUT2D eigenvalue weighted by atomic mass is 10.2. The van der Waals surface area contributed by atoms with Gasteiger partial charge in [-0.05, 0) is 19.4 Å². The average molecular weight is 395 g/mol. The summed E-state index contributed by atoms with van der Waals surface area (Å²) in [4.78, 5) is 28.9. The maximum atomic E-state index is 12.4. The molecule has 0 bridgehead atoms. The second-order valence-corrected chi connectivity index (χ2v) is 5.43. The first-order chi connectivity index (χ1) is 11.6. The minimum atomic E-state index is -0.630. The van der Waals surface area contributed by atoms with E-state index in [1.165, 1.54) is 0 Å². The summed E-state index contributed by atoms with van der Waals surface area (Å²) in [7, 11) is 0. The van der Waals surface area contributed by atoms with Crippen molar-refractivity contribution in [2.24, 2.45) is 0 Å². The first-order valence-corrected chi connectivity index (χ1v) is 8.78.